The number of ether oxygens (including phenoxy) is 3. The molecule has 2 bridgehead atoms. The van der Waals surface area contributed by atoms with E-state index in [9.17, 15) is 19.5 Å². The highest BCUT2D eigenvalue weighted by Gasteiger charge is 2.79. The highest BCUT2D eigenvalue weighted by atomic mass is 16.6. The molecular formula is C29H45N3O7. The van der Waals surface area contributed by atoms with E-state index in [1.54, 1.807) is 15.9 Å². The number of rotatable bonds is 13. The molecule has 7 atom stereocenters. The van der Waals surface area contributed by atoms with Crippen LogP contribution in [0.3, 0.4) is 0 Å². The number of aliphatic hydroxyl groups excluding tert-OH is 1. The molecule has 218 valence electrons. The van der Waals surface area contributed by atoms with Crippen molar-refractivity contribution in [1.82, 2.24) is 14.7 Å². The van der Waals surface area contributed by atoms with Crippen molar-refractivity contribution in [2.45, 2.75) is 63.3 Å². The fraction of sp³-hybridized carbons (Fsp3) is 0.759. The Morgan fingerprint density at radius 1 is 1.26 bits per heavy atom. The van der Waals surface area contributed by atoms with Gasteiger partial charge in [-0.15, -0.1) is 6.58 Å². The fourth-order valence-corrected chi connectivity index (χ4v) is 7.11. The summed E-state index contributed by atoms with van der Waals surface area (Å²) in [5, 5.41) is 10.5. The van der Waals surface area contributed by atoms with E-state index in [0.29, 0.717) is 52.1 Å². The van der Waals surface area contributed by atoms with Gasteiger partial charge in [0.2, 0.25) is 11.8 Å². The molecule has 0 aromatic carbocycles. The summed E-state index contributed by atoms with van der Waals surface area (Å²) >= 11 is 0. The van der Waals surface area contributed by atoms with Crippen LogP contribution >= 0.6 is 0 Å². The maximum Gasteiger partial charge on any atom is 0.313 e. The molecule has 0 radical (unpaired) electrons. The molecule has 1 spiro atoms. The monoisotopic (exact) mass is 547 g/mol. The summed E-state index contributed by atoms with van der Waals surface area (Å²) in [5.41, 5.74) is -2.08. The van der Waals surface area contributed by atoms with Crippen molar-refractivity contribution in [3.63, 3.8) is 0 Å². The van der Waals surface area contributed by atoms with Crippen molar-refractivity contribution in [2.24, 2.45) is 17.8 Å². The van der Waals surface area contributed by atoms with Gasteiger partial charge >= 0.3 is 5.97 Å². The lowest BCUT2D eigenvalue weighted by Crippen LogP contribution is -2.60. The van der Waals surface area contributed by atoms with Gasteiger partial charge < -0.3 is 29.1 Å². The summed E-state index contributed by atoms with van der Waals surface area (Å²) in [5.74, 6) is -2.81. The zero-order chi connectivity index (χ0) is 28.4. The lowest BCUT2D eigenvalue weighted by atomic mass is 9.66. The molecule has 0 aliphatic carbocycles. The van der Waals surface area contributed by atoms with Crippen LogP contribution < -0.4 is 0 Å². The highest BCUT2D eigenvalue weighted by Crippen LogP contribution is 2.64. The summed E-state index contributed by atoms with van der Waals surface area (Å²) in [6.45, 7) is 17.4. The van der Waals surface area contributed by atoms with Crippen molar-refractivity contribution >= 4 is 17.8 Å². The summed E-state index contributed by atoms with van der Waals surface area (Å²) in [4.78, 5) is 47.7. The number of nitrogens with zero attached hydrogens (tertiary/aromatic N) is 3. The van der Waals surface area contributed by atoms with Gasteiger partial charge in [-0.2, -0.15) is 0 Å². The molecular weight excluding hydrogens is 502 g/mol. The van der Waals surface area contributed by atoms with Crippen LogP contribution in [0.15, 0.2) is 25.3 Å². The number of esters is 1. The largest absolute Gasteiger partial charge is 0.461 e. The first-order chi connectivity index (χ1) is 18.7. The number of morpholine rings is 1. The predicted molar refractivity (Wildman–Crippen MR) is 145 cm³/mol. The zero-order valence-electron chi connectivity index (χ0n) is 23.7. The van der Waals surface area contributed by atoms with Gasteiger partial charge in [0.05, 0.1) is 37.4 Å². The minimum absolute atomic E-state index is 0.0339. The third-order valence-corrected chi connectivity index (χ3v) is 9.34. The van der Waals surface area contributed by atoms with Crippen LogP contribution in [0.25, 0.3) is 0 Å². The van der Waals surface area contributed by atoms with E-state index in [4.69, 9.17) is 14.2 Å². The Hall–Kier alpha value is -2.27. The molecule has 0 saturated carbocycles. The lowest BCUT2D eigenvalue weighted by molar-refractivity contribution is -0.162. The fourth-order valence-electron chi connectivity index (χ4n) is 7.11. The zero-order valence-corrected chi connectivity index (χ0v) is 23.7. The van der Waals surface area contributed by atoms with E-state index in [1.807, 2.05) is 20.8 Å². The molecule has 4 saturated heterocycles. The number of aliphatic hydroxyl groups is 1. The molecule has 4 fully saturated rings. The van der Waals surface area contributed by atoms with Crippen LogP contribution in [0.1, 0.15) is 40.0 Å². The van der Waals surface area contributed by atoms with E-state index in [-0.39, 0.29) is 30.9 Å². The molecule has 10 nitrogen and oxygen atoms in total. The molecule has 2 amide bonds. The maximum atomic E-state index is 14.5. The van der Waals surface area contributed by atoms with E-state index >= 15 is 0 Å². The number of hydrogen-bond donors (Lipinski definition) is 1. The minimum atomic E-state index is -1.17. The van der Waals surface area contributed by atoms with Gasteiger partial charge in [-0.3, -0.25) is 19.3 Å². The quantitative estimate of drug-likeness (QED) is 0.271. The molecule has 4 aliphatic heterocycles. The number of fused-ring (bicyclic) bond motifs is 1. The molecule has 0 aromatic rings. The highest BCUT2D eigenvalue weighted by molar-refractivity contribution is 5.98. The standard InChI is InChI=1S/C29H45N3O7/c1-6-11-31(13-12-30-14-17-37-18-15-30)26(35)24-29-10-9-28(5,39-29)23(27(36)38-16-7-2)22(29)25(34)32(24)21(19-33)20(4)8-3/h6-7,20-24,33H,1-2,8-19H2,3-5H3/t20-,21-,22-,23+,24?,28-,29?/m0/s1. The summed E-state index contributed by atoms with van der Waals surface area (Å²) < 4.78 is 17.6. The Labute approximate surface area is 231 Å². The van der Waals surface area contributed by atoms with Crippen LogP contribution in [0.5, 0.6) is 0 Å². The molecule has 39 heavy (non-hydrogen) atoms. The minimum Gasteiger partial charge on any atom is -0.461 e. The second-order valence-corrected chi connectivity index (χ2v) is 11.6. The van der Waals surface area contributed by atoms with Crippen LogP contribution in [-0.2, 0) is 28.6 Å². The van der Waals surface area contributed by atoms with Crippen LogP contribution in [0.4, 0.5) is 0 Å². The van der Waals surface area contributed by atoms with Crippen molar-refractivity contribution in [2.75, 3.05) is 59.2 Å². The number of likely N-dealkylation sites (tertiary alicyclic amines) is 1. The molecule has 2 unspecified atom stereocenters. The molecule has 10 heteroatoms. The molecule has 4 rings (SSSR count). The molecule has 4 heterocycles. The number of carbonyl (C=O) groups is 3. The Bertz CT molecular complexity index is 953. The third-order valence-electron chi connectivity index (χ3n) is 9.34. The first-order valence-corrected chi connectivity index (χ1v) is 14.3. The van der Waals surface area contributed by atoms with E-state index in [0.717, 1.165) is 13.1 Å². The smallest absolute Gasteiger partial charge is 0.313 e. The third kappa shape index (κ3) is 5.16. The molecule has 1 N–H and O–H groups in total. The number of amides is 2. The van der Waals surface area contributed by atoms with Gasteiger partial charge in [-0.1, -0.05) is 39.0 Å². The van der Waals surface area contributed by atoms with Crippen LogP contribution in [0.2, 0.25) is 0 Å². The van der Waals surface area contributed by atoms with E-state index < -0.39 is 41.1 Å². The second kappa shape index (κ2) is 12.1. The topological polar surface area (TPSA) is 109 Å². The van der Waals surface area contributed by atoms with Gasteiger partial charge in [0.25, 0.3) is 0 Å². The second-order valence-electron chi connectivity index (χ2n) is 11.6. The van der Waals surface area contributed by atoms with Gasteiger partial charge in [0.1, 0.15) is 24.2 Å². The Kier molecular flexibility index (Phi) is 9.20. The maximum absolute atomic E-state index is 14.5. The van der Waals surface area contributed by atoms with Gasteiger partial charge in [-0.25, -0.2) is 0 Å². The van der Waals surface area contributed by atoms with Gasteiger partial charge in [0.15, 0.2) is 0 Å². The van der Waals surface area contributed by atoms with Crippen molar-refractivity contribution in [3.8, 4) is 0 Å². The Morgan fingerprint density at radius 2 is 1.97 bits per heavy atom. The first-order valence-electron chi connectivity index (χ1n) is 14.3. The lowest BCUT2D eigenvalue weighted by Gasteiger charge is -2.41. The molecule has 4 aliphatic rings. The number of hydrogen-bond acceptors (Lipinski definition) is 8. The van der Waals surface area contributed by atoms with E-state index in [2.05, 4.69) is 18.1 Å². The summed E-state index contributed by atoms with van der Waals surface area (Å²) in [7, 11) is 0. The SMILES string of the molecule is C=CCOC(=O)[C@H]1[C@H]2C(=O)N([C@@H](CO)[C@@H](C)CC)C(C(=O)N(CC=C)CCN3CCOCC3)C23CC[C@]1(C)O3. The van der Waals surface area contributed by atoms with E-state index in [1.165, 1.54) is 6.08 Å². The van der Waals surface area contributed by atoms with Gasteiger partial charge in [0, 0.05) is 32.7 Å². The Morgan fingerprint density at radius 3 is 2.59 bits per heavy atom. The van der Waals surface area contributed by atoms with Crippen molar-refractivity contribution in [1.29, 1.82) is 0 Å². The molecule has 0 aromatic heterocycles. The first kappa shape index (κ1) is 29.7. The van der Waals surface area contributed by atoms with Crippen molar-refractivity contribution in [3.05, 3.63) is 25.3 Å². The van der Waals surface area contributed by atoms with Gasteiger partial charge in [-0.05, 0) is 25.7 Å². The summed E-state index contributed by atoms with van der Waals surface area (Å²) in [6, 6.07) is -1.54. The normalized spacial score (nSPS) is 33.5. The average Bonchev–Trinajstić information content (AvgIpc) is 3.51. The average molecular weight is 548 g/mol. The predicted octanol–water partition coefficient (Wildman–Crippen LogP) is 1.23. The summed E-state index contributed by atoms with van der Waals surface area (Å²) in [6.07, 6.45) is 4.90. The Balaban J connectivity index is 1.72. The number of carbonyl (C=O) groups excluding carboxylic acids is 3. The van der Waals surface area contributed by atoms with Crippen molar-refractivity contribution < 1.29 is 33.7 Å². The van der Waals surface area contributed by atoms with Crippen LogP contribution in [0, 0.1) is 17.8 Å². The van der Waals surface area contributed by atoms with Crippen LogP contribution in [-0.4, -0.2) is 120 Å².